The summed E-state index contributed by atoms with van der Waals surface area (Å²) in [5.74, 6) is -0.910. The molecule has 0 saturated carbocycles. The van der Waals surface area contributed by atoms with Crippen LogP contribution < -0.4 is 5.63 Å². The van der Waals surface area contributed by atoms with Gasteiger partial charge in [0.25, 0.3) is 0 Å². The molecule has 0 fully saturated rings. The van der Waals surface area contributed by atoms with Gasteiger partial charge in [-0.25, -0.2) is 4.79 Å². The quantitative estimate of drug-likeness (QED) is 0.653. The van der Waals surface area contributed by atoms with Crippen LogP contribution in [-0.4, -0.2) is 16.0 Å². The van der Waals surface area contributed by atoms with Crippen molar-refractivity contribution in [2.24, 2.45) is 5.92 Å². The van der Waals surface area contributed by atoms with Gasteiger partial charge >= 0.3 is 5.63 Å². The zero-order valence-corrected chi connectivity index (χ0v) is 13.0. The van der Waals surface area contributed by atoms with Crippen LogP contribution in [0.2, 0.25) is 0 Å². The second kappa shape index (κ2) is 6.22. The molecule has 2 rings (SSSR count). The van der Waals surface area contributed by atoms with Crippen LogP contribution in [0.3, 0.4) is 0 Å². The number of ketones is 1. The average Bonchev–Trinajstić information content (AvgIpc) is 2.36. The van der Waals surface area contributed by atoms with E-state index >= 15 is 0 Å². The van der Waals surface area contributed by atoms with E-state index in [0.29, 0.717) is 17.4 Å². The molecule has 5 heteroatoms. The number of aryl methyl sites for hydroxylation is 1. The van der Waals surface area contributed by atoms with Gasteiger partial charge in [-0.3, -0.25) is 4.79 Å². The number of rotatable bonds is 5. The molecule has 0 amide bonds. The van der Waals surface area contributed by atoms with Crippen molar-refractivity contribution in [3.63, 3.8) is 0 Å². The van der Waals surface area contributed by atoms with E-state index in [1.54, 1.807) is 0 Å². The van der Waals surface area contributed by atoms with Crippen LogP contribution >= 0.6 is 0 Å². The fourth-order valence-corrected chi connectivity index (χ4v) is 2.59. The first-order valence-electron chi connectivity index (χ1n) is 7.40. The van der Waals surface area contributed by atoms with Crippen molar-refractivity contribution in [1.29, 1.82) is 0 Å². The Labute approximate surface area is 128 Å². The Hall–Kier alpha value is -2.30. The van der Waals surface area contributed by atoms with Crippen molar-refractivity contribution in [2.45, 2.75) is 40.0 Å². The molecule has 5 nitrogen and oxygen atoms in total. The molecule has 1 aromatic heterocycles. The summed E-state index contributed by atoms with van der Waals surface area (Å²) in [5, 5.41) is 20.8. The van der Waals surface area contributed by atoms with Crippen LogP contribution in [0.4, 0.5) is 0 Å². The van der Waals surface area contributed by atoms with Crippen LogP contribution in [0.25, 0.3) is 11.0 Å². The van der Waals surface area contributed by atoms with Crippen LogP contribution in [-0.2, 0) is 6.42 Å². The normalized spacial score (nSPS) is 11.3. The Bertz CT molecular complexity index is 771. The molecule has 0 radical (unpaired) electrons. The van der Waals surface area contributed by atoms with E-state index in [1.807, 2.05) is 20.8 Å². The molecule has 0 spiro atoms. The number of phenolic OH excluding ortho intramolecular Hbond substituents is 2. The summed E-state index contributed by atoms with van der Waals surface area (Å²) in [6, 6.07) is 2.54. The molecule has 1 aromatic carbocycles. The molecule has 2 aromatic rings. The van der Waals surface area contributed by atoms with Crippen LogP contribution in [0.15, 0.2) is 21.3 Å². The second-order valence-corrected chi connectivity index (χ2v) is 5.85. The number of hydrogen-bond donors (Lipinski definition) is 2. The van der Waals surface area contributed by atoms with Gasteiger partial charge in [0.2, 0.25) is 0 Å². The summed E-state index contributed by atoms with van der Waals surface area (Å²) in [4.78, 5) is 23.8. The number of aromatic hydroxyl groups is 2. The maximum atomic E-state index is 12.3. The maximum absolute atomic E-state index is 12.3. The largest absolute Gasteiger partial charge is 0.507 e. The molecule has 0 aliphatic carbocycles. The molecule has 1 heterocycles. The SMILES string of the molecule is CCCc1cc(=O)oc2cc(O)c(C(=O)CC(C)C)c(O)c12. The molecule has 0 aliphatic heterocycles. The van der Waals surface area contributed by atoms with Gasteiger partial charge in [-0.2, -0.15) is 0 Å². The first-order chi connectivity index (χ1) is 10.3. The monoisotopic (exact) mass is 304 g/mol. The molecular weight excluding hydrogens is 284 g/mol. The number of carbonyl (C=O) groups is 1. The van der Waals surface area contributed by atoms with E-state index in [2.05, 4.69) is 0 Å². The second-order valence-electron chi connectivity index (χ2n) is 5.85. The van der Waals surface area contributed by atoms with E-state index in [0.717, 1.165) is 6.42 Å². The van der Waals surface area contributed by atoms with Gasteiger partial charge in [-0.05, 0) is 17.9 Å². The standard InChI is InChI=1S/C17H20O5/c1-4-5-10-7-14(20)22-13-8-12(19)16(17(21)15(10)13)11(18)6-9(2)3/h7-9,19,21H,4-6H2,1-3H3. The van der Waals surface area contributed by atoms with Crippen LogP contribution in [0, 0.1) is 5.92 Å². The molecule has 22 heavy (non-hydrogen) atoms. The Morgan fingerprint density at radius 3 is 2.55 bits per heavy atom. The van der Waals surface area contributed by atoms with Crippen molar-refractivity contribution in [2.75, 3.05) is 0 Å². The van der Waals surface area contributed by atoms with Gasteiger partial charge in [0.15, 0.2) is 5.78 Å². The predicted molar refractivity (Wildman–Crippen MR) is 83.6 cm³/mol. The molecule has 2 N–H and O–H groups in total. The van der Waals surface area contributed by atoms with E-state index in [1.165, 1.54) is 12.1 Å². The van der Waals surface area contributed by atoms with Crippen molar-refractivity contribution < 1.29 is 19.4 Å². The molecular formula is C17H20O5. The first kappa shape index (κ1) is 16.1. The molecule has 0 bridgehead atoms. The van der Waals surface area contributed by atoms with E-state index < -0.39 is 5.63 Å². The maximum Gasteiger partial charge on any atom is 0.336 e. The molecule has 0 unspecified atom stereocenters. The van der Waals surface area contributed by atoms with E-state index in [4.69, 9.17) is 4.42 Å². The highest BCUT2D eigenvalue weighted by Gasteiger charge is 2.23. The zero-order chi connectivity index (χ0) is 16.4. The zero-order valence-electron chi connectivity index (χ0n) is 13.0. The number of fused-ring (bicyclic) bond motifs is 1. The first-order valence-corrected chi connectivity index (χ1v) is 7.40. The van der Waals surface area contributed by atoms with Gasteiger partial charge in [0.05, 0.1) is 5.39 Å². The molecule has 0 atom stereocenters. The number of Topliss-reactive ketones (excluding diaryl/α,β-unsaturated/α-hetero) is 1. The minimum atomic E-state index is -0.545. The van der Waals surface area contributed by atoms with E-state index in [9.17, 15) is 19.8 Å². The predicted octanol–water partition coefficient (Wildman–Crippen LogP) is 3.39. The third-order valence-electron chi connectivity index (χ3n) is 3.46. The number of phenols is 2. The van der Waals surface area contributed by atoms with Gasteiger partial charge < -0.3 is 14.6 Å². The summed E-state index contributed by atoms with van der Waals surface area (Å²) >= 11 is 0. The lowest BCUT2D eigenvalue weighted by molar-refractivity contribution is 0.0963. The summed E-state index contributed by atoms with van der Waals surface area (Å²) in [6.45, 7) is 5.71. The topological polar surface area (TPSA) is 87.7 Å². The summed E-state index contributed by atoms with van der Waals surface area (Å²) in [5.41, 5.74) is 0.0558. The fourth-order valence-electron chi connectivity index (χ4n) is 2.59. The lowest BCUT2D eigenvalue weighted by atomic mass is 9.95. The fraction of sp³-hybridized carbons (Fsp3) is 0.412. The summed E-state index contributed by atoms with van der Waals surface area (Å²) in [6.07, 6.45) is 1.55. The van der Waals surface area contributed by atoms with Crippen molar-refractivity contribution in [1.82, 2.24) is 0 Å². The Morgan fingerprint density at radius 1 is 1.27 bits per heavy atom. The average molecular weight is 304 g/mol. The van der Waals surface area contributed by atoms with Gasteiger partial charge in [0.1, 0.15) is 22.6 Å². The number of benzene rings is 1. The highest BCUT2D eigenvalue weighted by atomic mass is 16.4. The smallest absolute Gasteiger partial charge is 0.336 e. The molecule has 0 aliphatic rings. The van der Waals surface area contributed by atoms with Crippen molar-refractivity contribution in [3.8, 4) is 11.5 Å². The van der Waals surface area contributed by atoms with Crippen molar-refractivity contribution in [3.05, 3.63) is 33.7 Å². The van der Waals surface area contributed by atoms with Gasteiger partial charge in [0, 0.05) is 18.6 Å². The minimum Gasteiger partial charge on any atom is -0.507 e. The third kappa shape index (κ3) is 2.98. The highest BCUT2D eigenvalue weighted by Crippen LogP contribution is 2.38. The van der Waals surface area contributed by atoms with E-state index in [-0.39, 0.29) is 40.8 Å². The van der Waals surface area contributed by atoms with Gasteiger partial charge in [-0.1, -0.05) is 27.2 Å². The van der Waals surface area contributed by atoms with Crippen LogP contribution in [0.1, 0.15) is 49.5 Å². The number of hydrogen-bond acceptors (Lipinski definition) is 5. The molecule has 118 valence electrons. The summed E-state index contributed by atoms with van der Waals surface area (Å²) in [7, 11) is 0. The van der Waals surface area contributed by atoms with Crippen molar-refractivity contribution >= 4 is 16.8 Å². The lowest BCUT2D eigenvalue weighted by Crippen LogP contribution is -2.06. The Balaban J connectivity index is 2.75. The summed E-state index contributed by atoms with van der Waals surface area (Å²) < 4.78 is 5.04. The third-order valence-corrected chi connectivity index (χ3v) is 3.46. The molecule has 0 saturated heterocycles. The van der Waals surface area contributed by atoms with Crippen LogP contribution in [0.5, 0.6) is 11.5 Å². The Morgan fingerprint density at radius 2 is 1.95 bits per heavy atom. The van der Waals surface area contributed by atoms with Gasteiger partial charge in [-0.15, -0.1) is 0 Å². The minimum absolute atomic E-state index is 0.0899. The highest BCUT2D eigenvalue weighted by molar-refractivity contribution is 6.07. The lowest BCUT2D eigenvalue weighted by Gasteiger charge is -2.12. The number of carbonyl (C=O) groups excluding carboxylic acids is 1. The Kier molecular flexibility index (Phi) is 4.54.